The summed E-state index contributed by atoms with van der Waals surface area (Å²) in [6.07, 6.45) is 3.26. The SMILES string of the molecule is O=C(CN=NCC1C2CCC(O2)C1Cc1ccc(C(=O)O)cc1)Oc1ccccc1. The van der Waals surface area contributed by atoms with Gasteiger partial charge in [0.05, 0.1) is 24.3 Å². The molecule has 0 aromatic heterocycles. The minimum Gasteiger partial charge on any atom is -0.478 e. The molecule has 0 radical (unpaired) electrons. The molecule has 1 N–H and O–H groups in total. The highest BCUT2D eigenvalue weighted by Crippen LogP contribution is 2.45. The predicted octanol–water partition coefficient (Wildman–Crippen LogP) is 3.78. The molecule has 2 aromatic rings. The maximum absolute atomic E-state index is 11.9. The fourth-order valence-electron chi connectivity index (χ4n) is 4.37. The number of benzene rings is 2. The molecular formula is C23H24N2O5. The van der Waals surface area contributed by atoms with Crippen LogP contribution in [0, 0.1) is 11.8 Å². The average Bonchev–Trinajstić information content (AvgIpc) is 3.35. The molecule has 4 rings (SSSR count). The summed E-state index contributed by atoms with van der Waals surface area (Å²) >= 11 is 0. The topological polar surface area (TPSA) is 97.6 Å². The van der Waals surface area contributed by atoms with Gasteiger partial charge in [-0.2, -0.15) is 10.2 Å². The van der Waals surface area contributed by atoms with Crippen LogP contribution in [0.15, 0.2) is 64.8 Å². The third-order valence-electron chi connectivity index (χ3n) is 5.83. The van der Waals surface area contributed by atoms with Gasteiger partial charge in [-0.15, -0.1) is 0 Å². The Hall–Kier alpha value is -3.06. The van der Waals surface area contributed by atoms with Gasteiger partial charge in [0, 0.05) is 5.92 Å². The molecule has 30 heavy (non-hydrogen) atoms. The molecule has 2 bridgehead atoms. The second-order valence-electron chi connectivity index (χ2n) is 7.73. The van der Waals surface area contributed by atoms with Crippen LogP contribution in [-0.4, -0.2) is 42.3 Å². The number of azo groups is 1. The van der Waals surface area contributed by atoms with Gasteiger partial charge in [-0.05, 0) is 55.0 Å². The zero-order chi connectivity index (χ0) is 20.9. The van der Waals surface area contributed by atoms with E-state index in [4.69, 9.17) is 14.6 Å². The van der Waals surface area contributed by atoms with Crippen molar-refractivity contribution in [3.8, 4) is 5.75 Å². The van der Waals surface area contributed by atoms with Crippen molar-refractivity contribution in [2.24, 2.45) is 22.1 Å². The van der Waals surface area contributed by atoms with Crippen molar-refractivity contribution in [1.82, 2.24) is 0 Å². The van der Waals surface area contributed by atoms with Crippen molar-refractivity contribution in [3.05, 3.63) is 65.7 Å². The number of carboxylic acids is 1. The molecule has 2 aromatic carbocycles. The number of para-hydroxylation sites is 1. The van der Waals surface area contributed by atoms with Crippen LogP contribution in [0.5, 0.6) is 5.75 Å². The molecule has 156 valence electrons. The van der Waals surface area contributed by atoms with Crippen molar-refractivity contribution in [2.45, 2.75) is 31.5 Å². The Morgan fingerprint density at radius 3 is 2.37 bits per heavy atom. The summed E-state index contributed by atoms with van der Waals surface area (Å²) in [4.78, 5) is 22.9. The Morgan fingerprint density at radius 2 is 1.67 bits per heavy atom. The van der Waals surface area contributed by atoms with Crippen LogP contribution >= 0.6 is 0 Å². The van der Waals surface area contributed by atoms with Crippen molar-refractivity contribution in [3.63, 3.8) is 0 Å². The van der Waals surface area contributed by atoms with Gasteiger partial charge in [0.2, 0.25) is 0 Å². The minimum atomic E-state index is -0.922. The van der Waals surface area contributed by atoms with Crippen LogP contribution in [0.3, 0.4) is 0 Å². The molecule has 0 aliphatic carbocycles. The number of fused-ring (bicyclic) bond motifs is 2. The molecule has 0 spiro atoms. The second kappa shape index (κ2) is 9.17. The molecule has 2 fully saturated rings. The molecule has 7 nitrogen and oxygen atoms in total. The summed E-state index contributed by atoms with van der Waals surface area (Å²) < 4.78 is 11.3. The lowest BCUT2D eigenvalue weighted by Crippen LogP contribution is -2.31. The van der Waals surface area contributed by atoms with E-state index in [0.717, 1.165) is 24.8 Å². The van der Waals surface area contributed by atoms with Gasteiger partial charge in [-0.25, -0.2) is 9.59 Å². The highest BCUT2D eigenvalue weighted by atomic mass is 16.5. The van der Waals surface area contributed by atoms with Crippen LogP contribution in [0.25, 0.3) is 0 Å². The molecule has 2 aliphatic heterocycles. The van der Waals surface area contributed by atoms with E-state index in [-0.39, 0.29) is 30.2 Å². The Balaban J connectivity index is 1.31. The predicted molar refractivity (Wildman–Crippen MR) is 109 cm³/mol. The fourth-order valence-corrected chi connectivity index (χ4v) is 4.37. The molecule has 4 atom stereocenters. The monoisotopic (exact) mass is 408 g/mol. The van der Waals surface area contributed by atoms with Gasteiger partial charge in [-0.1, -0.05) is 30.3 Å². The van der Waals surface area contributed by atoms with Crippen molar-refractivity contribution in [2.75, 3.05) is 13.1 Å². The van der Waals surface area contributed by atoms with Gasteiger partial charge in [0.25, 0.3) is 0 Å². The van der Waals surface area contributed by atoms with Crippen LogP contribution in [-0.2, 0) is 16.0 Å². The van der Waals surface area contributed by atoms with Gasteiger partial charge in [0.15, 0.2) is 6.54 Å². The standard InChI is InChI=1S/C23H24N2O5/c26-22(29-17-4-2-1-3-5-17)14-25-24-13-19-18(20-10-11-21(19)30-20)12-15-6-8-16(9-7-15)23(27)28/h1-9,18-21H,10-14H2,(H,27,28). The van der Waals surface area contributed by atoms with E-state index in [0.29, 0.717) is 18.2 Å². The smallest absolute Gasteiger partial charge is 0.335 e. The Kier molecular flexibility index (Phi) is 6.18. The highest BCUT2D eigenvalue weighted by molar-refractivity contribution is 5.87. The highest BCUT2D eigenvalue weighted by Gasteiger charge is 2.48. The van der Waals surface area contributed by atoms with E-state index in [2.05, 4.69) is 10.2 Å². The Bertz CT molecular complexity index is 913. The molecule has 0 amide bonds. The van der Waals surface area contributed by atoms with E-state index in [1.807, 2.05) is 18.2 Å². The Morgan fingerprint density at radius 1 is 0.967 bits per heavy atom. The average molecular weight is 408 g/mol. The first-order valence-corrected chi connectivity index (χ1v) is 10.2. The van der Waals surface area contributed by atoms with E-state index in [9.17, 15) is 9.59 Å². The van der Waals surface area contributed by atoms with Gasteiger partial charge in [0.1, 0.15) is 5.75 Å². The number of nitrogens with zero attached hydrogens (tertiary/aromatic N) is 2. The summed E-state index contributed by atoms with van der Waals surface area (Å²) in [7, 11) is 0. The summed E-state index contributed by atoms with van der Waals surface area (Å²) in [6.45, 7) is 0.398. The minimum absolute atomic E-state index is 0.113. The first-order valence-electron chi connectivity index (χ1n) is 10.2. The molecule has 2 aliphatic rings. The Labute approximate surface area is 174 Å². The van der Waals surface area contributed by atoms with Gasteiger partial charge >= 0.3 is 11.9 Å². The molecular weight excluding hydrogens is 384 g/mol. The number of rotatable bonds is 8. The first-order chi connectivity index (χ1) is 14.6. The summed E-state index contributed by atoms with van der Waals surface area (Å²) in [5.74, 6) is -0.308. The fraction of sp³-hybridized carbons (Fsp3) is 0.391. The van der Waals surface area contributed by atoms with Crippen molar-refractivity contribution in [1.29, 1.82) is 0 Å². The van der Waals surface area contributed by atoms with Crippen molar-refractivity contribution < 1.29 is 24.2 Å². The largest absolute Gasteiger partial charge is 0.478 e. The number of aromatic carboxylic acids is 1. The van der Waals surface area contributed by atoms with E-state index >= 15 is 0 Å². The number of carbonyl (C=O) groups is 2. The summed E-state index contributed by atoms with van der Waals surface area (Å²) in [5.41, 5.74) is 1.38. The van der Waals surface area contributed by atoms with Gasteiger partial charge in [-0.3, -0.25) is 0 Å². The summed E-state index contributed by atoms with van der Waals surface area (Å²) in [5, 5.41) is 17.3. The third kappa shape index (κ3) is 4.74. The number of hydrogen-bond acceptors (Lipinski definition) is 6. The number of hydrogen-bond donors (Lipinski definition) is 1. The van der Waals surface area contributed by atoms with Crippen LogP contribution in [0.2, 0.25) is 0 Å². The normalized spacial score (nSPS) is 24.9. The van der Waals surface area contributed by atoms with E-state index in [1.54, 1.807) is 36.4 Å². The lowest BCUT2D eigenvalue weighted by Gasteiger charge is -2.26. The molecule has 7 heteroatoms. The van der Waals surface area contributed by atoms with Gasteiger partial charge < -0.3 is 14.6 Å². The van der Waals surface area contributed by atoms with E-state index < -0.39 is 11.9 Å². The second-order valence-corrected chi connectivity index (χ2v) is 7.73. The molecule has 2 saturated heterocycles. The number of carbonyl (C=O) groups excluding carboxylic acids is 1. The number of carboxylic acid groups (broad SMARTS) is 1. The van der Waals surface area contributed by atoms with Crippen molar-refractivity contribution >= 4 is 11.9 Å². The number of esters is 1. The van der Waals surface area contributed by atoms with Crippen LogP contribution in [0.1, 0.15) is 28.8 Å². The maximum Gasteiger partial charge on any atom is 0.335 e. The van der Waals surface area contributed by atoms with E-state index in [1.165, 1.54) is 0 Å². The zero-order valence-electron chi connectivity index (χ0n) is 16.5. The molecule has 4 unspecified atom stereocenters. The molecule has 0 saturated carbocycles. The molecule has 2 heterocycles. The zero-order valence-corrected chi connectivity index (χ0v) is 16.5. The lowest BCUT2D eigenvalue weighted by atomic mass is 9.76. The summed E-state index contributed by atoms with van der Waals surface area (Å²) in [6, 6.07) is 15.9. The van der Waals surface area contributed by atoms with Crippen LogP contribution in [0.4, 0.5) is 0 Å². The third-order valence-corrected chi connectivity index (χ3v) is 5.83. The lowest BCUT2D eigenvalue weighted by molar-refractivity contribution is -0.132. The first kappa shape index (κ1) is 20.2. The van der Waals surface area contributed by atoms with Crippen LogP contribution < -0.4 is 4.74 Å². The number of ether oxygens (including phenoxy) is 2. The quantitative estimate of drug-likeness (QED) is 0.407. The maximum atomic E-state index is 11.9.